The molecule has 2 saturated heterocycles. The van der Waals surface area contributed by atoms with Gasteiger partial charge < -0.3 is 25.3 Å². The Balaban J connectivity index is 1.18. The van der Waals surface area contributed by atoms with Crippen molar-refractivity contribution < 1.29 is 4.74 Å². The minimum Gasteiger partial charge on any atom is -0.492 e. The van der Waals surface area contributed by atoms with Crippen molar-refractivity contribution in [2.24, 2.45) is 0 Å². The van der Waals surface area contributed by atoms with Crippen molar-refractivity contribution in [2.75, 3.05) is 19.7 Å². The van der Waals surface area contributed by atoms with E-state index in [0.29, 0.717) is 18.7 Å². The van der Waals surface area contributed by atoms with E-state index in [1.54, 1.807) is 0 Å². The lowest BCUT2D eigenvalue weighted by Crippen LogP contribution is -2.14. The average Bonchev–Trinajstić information content (AvgIpc) is 3.70. The first-order valence-electron chi connectivity index (χ1n) is 12.8. The van der Waals surface area contributed by atoms with Gasteiger partial charge in [-0.2, -0.15) is 0 Å². The third-order valence-corrected chi connectivity index (χ3v) is 7.55. The molecule has 7 rings (SSSR count). The highest BCUT2D eigenvalue weighted by Crippen LogP contribution is 2.38. The Morgan fingerprint density at radius 3 is 2.31 bits per heavy atom. The predicted molar refractivity (Wildman–Crippen MR) is 136 cm³/mol. The summed E-state index contributed by atoms with van der Waals surface area (Å²) in [6, 6.07) is 15.8. The number of imidazole rings is 2. The zero-order valence-corrected chi connectivity index (χ0v) is 19.7. The molecule has 3 aliphatic rings. The van der Waals surface area contributed by atoms with E-state index in [2.05, 4.69) is 68.1 Å². The lowest BCUT2D eigenvalue weighted by atomic mass is 9.99. The van der Waals surface area contributed by atoms with Crippen molar-refractivity contribution in [1.29, 1.82) is 0 Å². The Morgan fingerprint density at radius 2 is 1.54 bits per heavy atom. The second-order valence-corrected chi connectivity index (χ2v) is 9.82. The maximum absolute atomic E-state index is 6.08. The normalized spacial score (nSPS) is 21.4. The summed E-state index contributed by atoms with van der Waals surface area (Å²) >= 11 is 0. The molecule has 3 aliphatic heterocycles. The van der Waals surface area contributed by atoms with E-state index < -0.39 is 0 Å². The fourth-order valence-corrected chi connectivity index (χ4v) is 5.62. The van der Waals surface area contributed by atoms with Crippen LogP contribution in [0.5, 0.6) is 5.75 Å². The standard InChI is InChI=1S/C28H30N6O/c1-3-22(29-12-1)27-31-16-24(33-27)18-7-5-17(6-8-18)19-9-10-25-20(15-19)26-21(11-14-35-25)32-28(34-26)23-4-2-13-30-23/h5-10,15-16,22-23,29-30H,1-4,11-14H2,(H,31,33)(H,32,34)/t22-,23-/m0/s1. The quantitative estimate of drug-likeness (QED) is 0.343. The first-order valence-corrected chi connectivity index (χ1v) is 12.8. The molecule has 0 amide bonds. The first-order chi connectivity index (χ1) is 17.3. The SMILES string of the molecule is c1cc(-c2cnc([C@@H]3CCCN3)[nH]2)ccc1-c1ccc2c(c1)-c1nc([C@@H]3CCCN3)[nH]c1CCO2. The highest BCUT2D eigenvalue weighted by atomic mass is 16.5. The van der Waals surface area contributed by atoms with Crippen molar-refractivity contribution in [3.05, 3.63) is 66.0 Å². The second-order valence-electron chi connectivity index (χ2n) is 9.82. The van der Waals surface area contributed by atoms with E-state index >= 15 is 0 Å². The number of ether oxygens (including phenoxy) is 1. The second kappa shape index (κ2) is 8.66. The van der Waals surface area contributed by atoms with Crippen LogP contribution in [0, 0.1) is 0 Å². The molecule has 0 spiro atoms. The van der Waals surface area contributed by atoms with Gasteiger partial charge in [-0.25, -0.2) is 9.97 Å². The molecule has 2 atom stereocenters. The summed E-state index contributed by atoms with van der Waals surface area (Å²) in [7, 11) is 0. The molecule has 7 heteroatoms. The molecule has 0 saturated carbocycles. The highest BCUT2D eigenvalue weighted by molar-refractivity contribution is 5.78. The molecule has 35 heavy (non-hydrogen) atoms. The van der Waals surface area contributed by atoms with Crippen LogP contribution in [0.4, 0.5) is 0 Å². The Labute approximate surface area is 204 Å². The molecule has 7 nitrogen and oxygen atoms in total. The molecular formula is C28H30N6O. The number of hydrogen-bond acceptors (Lipinski definition) is 5. The van der Waals surface area contributed by atoms with Crippen LogP contribution in [-0.4, -0.2) is 39.6 Å². The van der Waals surface area contributed by atoms with Gasteiger partial charge in [0.05, 0.1) is 36.3 Å². The Morgan fingerprint density at radius 1 is 0.800 bits per heavy atom. The molecule has 4 aromatic rings. The average molecular weight is 467 g/mol. The monoisotopic (exact) mass is 466 g/mol. The largest absolute Gasteiger partial charge is 0.492 e. The molecular weight excluding hydrogens is 436 g/mol. The molecule has 0 radical (unpaired) electrons. The van der Waals surface area contributed by atoms with Crippen LogP contribution in [0.1, 0.15) is 55.1 Å². The predicted octanol–water partition coefficient (Wildman–Crippen LogP) is 4.92. The lowest BCUT2D eigenvalue weighted by Gasteiger charge is -2.11. The minimum absolute atomic E-state index is 0.328. The molecule has 5 heterocycles. The van der Waals surface area contributed by atoms with Crippen molar-refractivity contribution in [3.63, 3.8) is 0 Å². The van der Waals surface area contributed by atoms with Gasteiger partial charge in [0.25, 0.3) is 0 Å². The molecule has 4 N–H and O–H groups in total. The van der Waals surface area contributed by atoms with E-state index in [1.807, 2.05) is 6.20 Å². The number of aromatic amines is 2. The van der Waals surface area contributed by atoms with Crippen molar-refractivity contribution in [2.45, 2.75) is 44.2 Å². The number of H-pyrrole nitrogens is 2. The molecule has 2 aromatic carbocycles. The van der Waals surface area contributed by atoms with E-state index in [9.17, 15) is 0 Å². The van der Waals surface area contributed by atoms with Crippen LogP contribution in [-0.2, 0) is 6.42 Å². The van der Waals surface area contributed by atoms with Crippen LogP contribution in [0.3, 0.4) is 0 Å². The van der Waals surface area contributed by atoms with Gasteiger partial charge in [-0.1, -0.05) is 30.3 Å². The van der Waals surface area contributed by atoms with Gasteiger partial charge in [0.2, 0.25) is 0 Å². The number of benzene rings is 2. The van der Waals surface area contributed by atoms with E-state index in [4.69, 9.17) is 9.72 Å². The zero-order valence-electron chi connectivity index (χ0n) is 19.7. The first kappa shape index (κ1) is 20.9. The molecule has 178 valence electrons. The minimum atomic E-state index is 0.328. The van der Waals surface area contributed by atoms with Gasteiger partial charge in [-0.05, 0) is 67.6 Å². The van der Waals surface area contributed by atoms with Crippen molar-refractivity contribution in [1.82, 2.24) is 30.6 Å². The number of aromatic nitrogens is 4. The zero-order chi connectivity index (χ0) is 23.2. The molecule has 0 unspecified atom stereocenters. The van der Waals surface area contributed by atoms with Gasteiger partial charge >= 0.3 is 0 Å². The number of rotatable bonds is 4. The molecule has 0 aliphatic carbocycles. The topological polar surface area (TPSA) is 90.6 Å². The Hall–Kier alpha value is -3.42. The lowest BCUT2D eigenvalue weighted by molar-refractivity contribution is 0.325. The fraction of sp³-hybridized carbons (Fsp3) is 0.357. The van der Waals surface area contributed by atoms with Gasteiger partial charge in [-0.3, -0.25) is 0 Å². The summed E-state index contributed by atoms with van der Waals surface area (Å²) in [5, 5.41) is 7.07. The molecule has 2 aromatic heterocycles. The Kier molecular flexibility index (Phi) is 5.17. The summed E-state index contributed by atoms with van der Waals surface area (Å²) in [6.07, 6.45) is 7.48. The summed E-state index contributed by atoms with van der Waals surface area (Å²) in [5.41, 5.74) is 7.82. The summed E-state index contributed by atoms with van der Waals surface area (Å²) in [5.74, 6) is 3.00. The van der Waals surface area contributed by atoms with Crippen molar-refractivity contribution in [3.8, 4) is 39.4 Å². The number of nitrogens with one attached hydrogen (secondary N) is 4. The maximum Gasteiger partial charge on any atom is 0.128 e. The van der Waals surface area contributed by atoms with E-state index in [-0.39, 0.29) is 0 Å². The summed E-state index contributed by atoms with van der Waals surface area (Å²) in [4.78, 5) is 16.8. The summed E-state index contributed by atoms with van der Waals surface area (Å²) in [6.45, 7) is 2.79. The smallest absolute Gasteiger partial charge is 0.128 e. The van der Waals surface area contributed by atoms with Gasteiger partial charge in [-0.15, -0.1) is 0 Å². The third-order valence-electron chi connectivity index (χ3n) is 7.55. The van der Waals surface area contributed by atoms with E-state index in [0.717, 1.165) is 77.8 Å². The third kappa shape index (κ3) is 3.85. The van der Waals surface area contributed by atoms with Crippen LogP contribution in [0.2, 0.25) is 0 Å². The van der Waals surface area contributed by atoms with Crippen molar-refractivity contribution >= 4 is 0 Å². The van der Waals surface area contributed by atoms with Gasteiger partial charge in [0.1, 0.15) is 17.4 Å². The van der Waals surface area contributed by atoms with Gasteiger partial charge in [0, 0.05) is 17.7 Å². The number of nitrogens with zero attached hydrogens (tertiary/aromatic N) is 2. The van der Waals surface area contributed by atoms with Crippen LogP contribution < -0.4 is 15.4 Å². The summed E-state index contributed by atoms with van der Waals surface area (Å²) < 4.78 is 6.08. The van der Waals surface area contributed by atoms with Crippen LogP contribution in [0.25, 0.3) is 33.6 Å². The number of hydrogen-bond donors (Lipinski definition) is 4. The fourth-order valence-electron chi connectivity index (χ4n) is 5.62. The Bertz CT molecular complexity index is 1340. The highest BCUT2D eigenvalue weighted by Gasteiger charge is 2.25. The van der Waals surface area contributed by atoms with Crippen LogP contribution in [0.15, 0.2) is 48.7 Å². The number of fused-ring (bicyclic) bond motifs is 3. The maximum atomic E-state index is 6.08. The van der Waals surface area contributed by atoms with Crippen LogP contribution >= 0.6 is 0 Å². The molecule has 0 bridgehead atoms. The van der Waals surface area contributed by atoms with E-state index in [1.165, 1.54) is 24.1 Å². The molecule has 2 fully saturated rings. The van der Waals surface area contributed by atoms with Gasteiger partial charge in [0.15, 0.2) is 0 Å².